The molecule has 0 aliphatic carbocycles. The molecule has 0 unspecified atom stereocenters. The van der Waals surface area contributed by atoms with Crippen molar-refractivity contribution in [1.82, 2.24) is 9.97 Å². The smallest absolute Gasteiger partial charge is 0.335 e. The maximum atomic E-state index is 13.6. The van der Waals surface area contributed by atoms with Gasteiger partial charge in [-0.15, -0.1) is 0 Å². The summed E-state index contributed by atoms with van der Waals surface area (Å²) in [5.41, 5.74) is -2.59. The fourth-order valence-electron chi connectivity index (χ4n) is 1.53. The minimum atomic E-state index is -1.31. The van der Waals surface area contributed by atoms with Crippen molar-refractivity contribution < 1.29 is 19.1 Å². The molecule has 108 valence electrons. The standard InChI is InChI=1S/C12H8FN3O5/c13-6-3-5(11(19)20)1-2-7(6)14-10(18)8-4-9(17)16-12(21)15-8/h1-4H,(H,14,18)(H,19,20)(H2,15,16,17,21). The number of aromatic carboxylic acids is 1. The maximum absolute atomic E-state index is 13.6. The van der Waals surface area contributed by atoms with Crippen LogP contribution in [0, 0.1) is 5.82 Å². The van der Waals surface area contributed by atoms with Crippen molar-refractivity contribution >= 4 is 17.6 Å². The third kappa shape index (κ3) is 3.21. The number of halogens is 1. The predicted octanol–water partition coefficient (Wildman–Crippen LogP) is 0.153. The topological polar surface area (TPSA) is 132 Å². The molecule has 1 aromatic carbocycles. The number of carboxylic acid groups (broad SMARTS) is 1. The number of hydrogen-bond donors (Lipinski definition) is 4. The number of rotatable bonds is 3. The molecule has 0 fully saturated rings. The van der Waals surface area contributed by atoms with E-state index < -0.39 is 28.9 Å². The molecule has 0 aliphatic rings. The van der Waals surface area contributed by atoms with Crippen LogP contribution in [0.15, 0.2) is 33.9 Å². The number of anilines is 1. The fraction of sp³-hybridized carbons (Fsp3) is 0. The third-order valence-electron chi connectivity index (χ3n) is 2.47. The van der Waals surface area contributed by atoms with E-state index in [0.29, 0.717) is 0 Å². The Morgan fingerprint density at radius 2 is 1.86 bits per heavy atom. The van der Waals surface area contributed by atoms with E-state index in [2.05, 4.69) is 10.3 Å². The molecule has 2 aromatic rings. The summed E-state index contributed by atoms with van der Waals surface area (Å²) < 4.78 is 13.6. The van der Waals surface area contributed by atoms with Crippen molar-refractivity contribution in [2.45, 2.75) is 0 Å². The molecule has 0 bridgehead atoms. The highest BCUT2D eigenvalue weighted by Gasteiger charge is 2.13. The Balaban J connectivity index is 2.29. The van der Waals surface area contributed by atoms with Gasteiger partial charge in [-0.2, -0.15) is 0 Å². The summed E-state index contributed by atoms with van der Waals surface area (Å²) in [6.45, 7) is 0. The van der Waals surface area contributed by atoms with E-state index in [1.165, 1.54) is 0 Å². The predicted molar refractivity (Wildman–Crippen MR) is 69.0 cm³/mol. The Hall–Kier alpha value is -3.23. The second-order valence-electron chi connectivity index (χ2n) is 3.96. The number of carbonyl (C=O) groups excluding carboxylic acids is 1. The molecule has 0 saturated heterocycles. The first-order valence-electron chi connectivity index (χ1n) is 5.54. The van der Waals surface area contributed by atoms with Gasteiger partial charge in [0.25, 0.3) is 11.5 Å². The zero-order valence-electron chi connectivity index (χ0n) is 10.3. The van der Waals surface area contributed by atoms with Gasteiger partial charge in [-0.1, -0.05) is 0 Å². The van der Waals surface area contributed by atoms with Crippen molar-refractivity contribution in [3.05, 3.63) is 62.2 Å². The molecule has 9 heteroatoms. The summed E-state index contributed by atoms with van der Waals surface area (Å²) in [5, 5.41) is 10.8. The molecule has 2 rings (SSSR count). The van der Waals surface area contributed by atoms with Gasteiger partial charge in [0.15, 0.2) is 0 Å². The zero-order valence-corrected chi connectivity index (χ0v) is 10.3. The lowest BCUT2D eigenvalue weighted by Gasteiger charge is -2.06. The molecule has 0 aliphatic heterocycles. The van der Waals surface area contributed by atoms with Crippen LogP contribution < -0.4 is 16.6 Å². The van der Waals surface area contributed by atoms with Crippen LogP contribution in [-0.2, 0) is 0 Å². The van der Waals surface area contributed by atoms with Gasteiger partial charge >= 0.3 is 11.7 Å². The second kappa shape index (κ2) is 5.41. The number of aromatic nitrogens is 2. The summed E-state index contributed by atoms with van der Waals surface area (Å²) in [4.78, 5) is 48.5. The molecule has 1 aromatic heterocycles. The Bertz CT molecular complexity index is 811. The van der Waals surface area contributed by atoms with Crippen molar-refractivity contribution in [1.29, 1.82) is 0 Å². The van der Waals surface area contributed by atoms with Crippen LogP contribution in [0.25, 0.3) is 0 Å². The number of hydrogen-bond acceptors (Lipinski definition) is 4. The lowest BCUT2D eigenvalue weighted by atomic mass is 10.2. The summed E-state index contributed by atoms with van der Waals surface area (Å²) in [5.74, 6) is -3.19. The average molecular weight is 293 g/mol. The molecular weight excluding hydrogens is 285 g/mol. The Kier molecular flexibility index (Phi) is 3.65. The minimum absolute atomic E-state index is 0.282. The molecule has 21 heavy (non-hydrogen) atoms. The average Bonchev–Trinajstić information content (AvgIpc) is 2.39. The van der Waals surface area contributed by atoms with Gasteiger partial charge in [-0.25, -0.2) is 14.0 Å². The van der Waals surface area contributed by atoms with Crippen LogP contribution in [0.2, 0.25) is 0 Å². The van der Waals surface area contributed by atoms with Crippen molar-refractivity contribution in [2.24, 2.45) is 0 Å². The van der Waals surface area contributed by atoms with E-state index >= 15 is 0 Å². The van der Waals surface area contributed by atoms with Crippen molar-refractivity contribution in [3.63, 3.8) is 0 Å². The highest BCUT2D eigenvalue weighted by Crippen LogP contribution is 2.16. The van der Waals surface area contributed by atoms with E-state index in [1.54, 1.807) is 0 Å². The monoisotopic (exact) mass is 293 g/mol. The normalized spacial score (nSPS) is 10.1. The van der Waals surface area contributed by atoms with Gasteiger partial charge in [0, 0.05) is 6.07 Å². The lowest BCUT2D eigenvalue weighted by molar-refractivity contribution is 0.0696. The highest BCUT2D eigenvalue weighted by atomic mass is 19.1. The number of amides is 1. The number of benzene rings is 1. The zero-order chi connectivity index (χ0) is 15.6. The highest BCUT2D eigenvalue weighted by molar-refractivity contribution is 6.03. The minimum Gasteiger partial charge on any atom is -0.478 e. The molecule has 0 radical (unpaired) electrons. The van der Waals surface area contributed by atoms with Crippen LogP contribution in [0.1, 0.15) is 20.8 Å². The van der Waals surface area contributed by atoms with E-state index in [4.69, 9.17) is 5.11 Å². The molecule has 0 spiro atoms. The van der Waals surface area contributed by atoms with E-state index in [0.717, 1.165) is 24.3 Å². The first-order valence-corrected chi connectivity index (χ1v) is 5.54. The van der Waals surface area contributed by atoms with Crippen LogP contribution in [-0.4, -0.2) is 27.0 Å². The maximum Gasteiger partial charge on any atom is 0.335 e. The largest absolute Gasteiger partial charge is 0.478 e. The summed E-state index contributed by atoms with van der Waals surface area (Å²) in [6, 6.07) is 3.72. The molecule has 8 nitrogen and oxygen atoms in total. The molecule has 4 N–H and O–H groups in total. The Morgan fingerprint density at radius 3 is 2.43 bits per heavy atom. The van der Waals surface area contributed by atoms with E-state index in [-0.39, 0.29) is 16.9 Å². The second-order valence-corrected chi connectivity index (χ2v) is 3.96. The van der Waals surface area contributed by atoms with Gasteiger partial charge in [0.05, 0.1) is 11.3 Å². The van der Waals surface area contributed by atoms with Crippen LogP contribution in [0.4, 0.5) is 10.1 Å². The molecule has 1 amide bonds. The summed E-state index contributed by atoms with van der Waals surface area (Å²) in [6.07, 6.45) is 0. The van der Waals surface area contributed by atoms with Crippen LogP contribution in [0.3, 0.4) is 0 Å². The van der Waals surface area contributed by atoms with Gasteiger partial charge in [-0.3, -0.25) is 14.6 Å². The van der Waals surface area contributed by atoms with Gasteiger partial charge in [0.2, 0.25) is 0 Å². The quantitative estimate of drug-likeness (QED) is 0.639. The van der Waals surface area contributed by atoms with Crippen LogP contribution in [0.5, 0.6) is 0 Å². The molecule has 0 atom stereocenters. The Labute approximate surface area is 115 Å². The van der Waals surface area contributed by atoms with Crippen molar-refractivity contribution in [2.75, 3.05) is 5.32 Å². The lowest BCUT2D eigenvalue weighted by Crippen LogP contribution is -2.27. The van der Waals surface area contributed by atoms with Gasteiger partial charge in [-0.05, 0) is 18.2 Å². The van der Waals surface area contributed by atoms with Crippen molar-refractivity contribution in [3.8, 4) is 0 Å². The number of nitrogens with one attached hydrogen (secondary N) is 3. The summed E-state index contributed by atoms with van der Waals surface area (Å²) >= 11 is 0. The van der Waals surface area contributed by atoms with Crippen LogP contribution >= 0.6 is 0 Å². The Morgan fingerprint density at radius 1 is 1.14 bits per heavy atom. The molecule has 0 saturated carbocycles. The summed E-state index contributed by atoms with van der Waals surface area (Å²) in [7, 11) is 0. The van der Waals surface area contributed by atoms with E-state index in [1.807, 2.05) is 4.98 Å². The number of aromatic amines is 2. The number of H-pyrrole nitrogens is 2. The van der Waals surface area contributed by atoms with Gasteiger partial charge in [0.1, 0.15) is 11.5 Å². The molecular formula is C12H8FN3O5. The SMILES string of the molecule is O=C(O)c1ccc(NC(=O)c2cc(=O)[nH]c(=O)[nH]2)c(F)c1. The first kappa shape index (κ1) is 14.2. The first-order chi connectivity index (χ1) is 9.86. The third-order valence-corrected chi connectivity index (χ3v) is 2.47. The fourth-order valence-corrected chi connectivity index (χ4v) is 1.53. The van der Waals surface area contributed by atoms with Gasteiger partial charge < -0.3 is 15.4 Å². The number of carbonyl (C=O) groups is 2. The van der Waals surface area contributed by atoms with E-state index in [9.17, 15) is 23.6 Å². The molecule has 1 heterocycles. The number of carboxylic acids is 1.